The van der Waals surface area contributed by atoms with Crippen molar-refractivity contribution in [1.82, 2.24) is 0 Å². The molecule has 0 spiro atoms. The van der Waals surface area contributed by atoms with Gasteiger partial charge in [0.25, 0.3) is 0 Å². The molecule has 0 saturated carbocycles. The number of aryl methyl sites for hydroxylation is 1. The maximum atomic E-state index is 2.52. The van der Waals surface area contributed by atoms with Gasteiger partial charge in [-0.3, -0.25) is 0 Å². The summed E-state index contributed by atoms with van der Waals surface area (Å²) in [6.07, 6.45) is 1.28. The summed E-state index contributed by atoms with van der Waals surface area (Å²) in [4.78, 5) is 0. The van der Waals surface area contributed by atoms with Crippen LogP contribution in [0.1, 0.15) is 11.1 Å². The first kappa shape index (κ1) is 8.13. The van der Waals surface area contributed by atoms with E-state index in [1.54, 1.807) is 0 Å². The van der Waals surface area contributed by atoms with Gasteiger partial charge in [-0.1, -0.05) is 35.6 Å². The molecule has 1 aromatic rings. The molecule has 0 saturated heterocycles. The standard InChI is InChI=1S/C11H15P/c1-9-3-5-10(6-4-9)7-11-8-12(11)2/h3-6,8,11-12H,7H2,1-2H3. The lowest BCUT2D eigenvalue weighted by atomic mass is 10.1. The first-order valence-electron chi connectivity index (χ1n) is 4.49. The Morgan fingerprint density at radius 2 is 1.83 bits per heavy atom. The van der Waals surface area contributed by atoms with Gasteiger partial charge in [0.15, 0.2) is 0 Å². The molecule has 2 unspecified atom stereocenters. The zero-order valence-corrected chi connectivity index (χ0v) is 8.67. The first-order chi connectivity index (χ1) is 5.75. The fourth-order valence-electron chi connectivity index (χ4n) is 1.47. The molecule has 0 aliphatic carbocycles. The largest absolute Gasteiger partial charge is 0.117 e. The lowest BCUT2D eigenvalue weighted by molar-refractivity contribution is 1.09. The van der Waals surface area contributed by atoms with Crippen molar-refractivity contribution in [3.63, 3.8) is 0 Å². The molecule has 0 fully saturated rings. The van der Waals surface area contributed by atoms with Crippen molar-refractivity contribution in [2.45, 2.75) is 19.0 Å². The third kappa shape index (κ3) is 1.81. The van der Waals surface area contributed by atoms with Gasteiger partial charge in [0, 0.05) is 0 Å². The summed E-state index contributed by atoms with van der Waals surface area (Å²) < 4.78 is 0. The lowest BCUT2D eigenvalue weighted by Gasteiger charge is -2.00. The molecule has 1 heterocycles. The van der Waals surface area contributed by atoms with Crippen molar-refractivity contribution < 1.29 is 0 Å². The van der Waals surface area contributed by atoms with Gasteiger partial charge in [-0.2, -0.15) is 0 Å². The van der Waals surface area contributed by atoms with Crippen LogP contribution < -0.4 is 0 Å². The second-order valence-corrected chi connectivity index (χ2v) is 6.27. The minimum Gasteiger partial charge on any atom is -0.117 e. The Morgan fingerprint density at radius 1 is 1.25 bits per heavy atom. The maximum Gasteiger partial charge on any atom is -0.00188 e. The molecule has 0 nitrogen and oxygen atoms in total. The van der Waals surface area contributed by atoms with Crippen LogP contribution in [0.4, 0.5) is 0 Å². The van der Waals surface area contributed by atoms with Crippen LogP contribution in [0.25, 0.3) is 0 Å². The highest BCUT2D eigenvalue weighted by Crippen LogP contribution is 2.40. The van der Waals surface area contributed by atoms with E-state index in [2.05, 4.69) is 43.7 Å². The van der Waals surface area contributed by atoms with Gasteiger partial charge in [-0.15, -0.1) is 7.55 Å². The zero-order chi connectivity index (χ0) is 8.55. The van der Waals surface area contributed by atoms with Gasteiger partial charge >= 0.3 is 0 Å². The fourth-order valence-corrected chi connectivity index (χ4v) is 3.18. The minimum atomic E-state index is -0.000542. The van der Waals surface area contributed by atoms with E-state index < -0.39 is 0 Å². The van der Waals surface area contributed by atoms with Crippen LogP contribution in [0.2, 0.25) is 0 Å². The molecule has 1 aliphatic rings. The van der Waals surface area contributed by atoms with E-state index >= 15 is 0 Å². The topological polar surface area (TPSA) is 0 Å². The van der Waals surface area contributed by atoms with E-state index in [1.807, 2.05) is 0 Å². The second-order valence-electron chi connectivity index (χ2n) is 3.71. The molecule has 0 amide bonds. The Hall–Kier alpha value is -0.480. The van der Waals surface area contributed by atoms with E-state index in [4.69, 9.17) is 0 Å². The zero-order valence-electron chi connectivity index (χ0n) is 7.67. The van der Waals surface area contributed by atoms with Crippen LogP contribution in [0.5, 0.6) is 0 Å². The molecule has 0 N–H and O–H groups in total. The monoisotopic (exact) mass is 178 g/mol. The van der Waals surface area contributed by atoms with Crippen molar-refractivity contribution in [3.8, 4) is 0 Å². The predicted molar refractivity (Wildman–Crippen MR) is 59.0 cm³/mol. The molecule has 12 heavy (non-hydrogen) atoms. The van der Waals surface area contributed by atoms with E-state index in [0.717, 1.165) is 5.66 Å². The Morgan fingerprint density at radius 3 is 2.33 bits per heavy atom. The second kappa shape index (κ2) is 3.11. The maximum absolute atomic E-state index is 2.52. The smallest absolute Gasteiger partial charge is 0.00188 e. The van der Waals surface area contributed by atoms with Crippen LogP contribution >= 0.6 is 7.55 Å². The molecular weight excluding hydrogens is 163 g/mol. The van der Waals surface area contributed by atoms with Crippen molar-refractivity contribution in [2.75, 3.05) is 6.66 Å². The lowest BCUT2D eigenvalue weighted by Crippen LogP contribution is -1.93. The van der Waals surface area contributed by atoms with Crippen LogP contribution in [0.15, 0.2) is 24.3 Å². The highest BCUT2D eigenvalue weighted by Gasteiger charge is 2.18. The van der Waals surface area contributed by atoms with Gasteiger partial charge in [-0.05, 0) is 31.2 Å². The van der Waals surface area contributed by atoms with Gasteiger partial charge in [-0.25, -0.2) is 0 Å². The van der Waals surface area contributed by atoms with Crippen molar-refractivity contribution in [3.05, 3.63) is 35.4 Å². The Labute approximate surface area is 75.0 Å². The van der Waals surface area contributed by atoms with E-state index in [-0.39, 0.29) is 7.55 Å². The summed E-state index contributed by atoms with van der Waals surface area (Å²) in [6, 6.07) is 8.94. The third-order valence-corrected chi connectivity index (χ3v) is 4.60. The Bertz CT molecular complexity index is 308. The molecular formula is C11H15P. The van der Waals surface area contributed by atoms with Crippen molar-refractivity contribution in [2.24, 2.45) is 0 Å². The molecule has 0 radical (unpaired) electrons. The summed E-state index contributed by atoms with van der Waals surface area (Å²) in [5, 5.41) is 0. The van der Waals surface area contributed by atoms with Gasteiger partial charge < -0.3 is 0 Å². The molecule has 1 heteroatoms. The van der Waals surface area contributed by atoms with Crippen molar-refractivity contribution in [1.29, 1.82) is 0 Å². The van der Waals surface area contributed by atoms with E-state index in [9.17, 15) is 0 Å². The highest BCUT2D eigenvalue weighted by molar-refractivity contribution is 7.68. The molecule has 64 valence electrons. The average molecular weight is 178 g/mol. The van der Waals surface area contributed by atoms with Gasteiger partial charge in [0.2, 0.25) is 0 Å². The van der Waals surface area contributed by atoms with Crippen LogP contribution in [0, 0.1) is 6.92 Å². The Balaban J connectivity index is 2.00. The first-order valence-corrected chi connectivity index (χ1v) is 6.65. The minimum absolute atomic E-state index is 0.000542. The molecule has 1 aliphatic heterocycles. The van der Waals surface area contributed by atoms with Gasteiger partial charge in [0.05, 0.1) is 0 Å². The quantitative estimate of drug-likeness (QED) is 0.610. The number of hydrogen-bond donors (Lipinski definition) is 0. The molecule has 2 atom stereocenters. The summed E-state index contributed by atoms with van der Waals surface area (Å²) in [6.45, 7) is 4.53. The SMILES string of the molecule is Cc1ccc(CC2C=[PH]2C)cc1. The summed E-state index contributed by atoms with van der Waals surface area (Å²) in [5.74, 6) is 2.52. The molecule has 0 aromatic heterocycles. The van der Waals surface area contributed by atoms with Crippen LogP contribution in [-0.2, 0) is 6.42 Å². The molecule has 2 rings (SSSR count). The third-order valence-electron chi connectivity index (χ3n) is 2.52. The molecule has 1 aromatic carbocycles. The molecule has 0 bridgehead atoms. The van der Waals surface area contributed by atoms with Crippen LogP contribution in [0.3, 0.4) is 0 Å². The van der Waals surface area contributed by atoms with Crippen molar-refractivity contribution >= 4 is 13.3 Å². The normalized spacial score (nSPS) is 26.5. The summed E-state index contributed by atoms with van der Waals surface area (Å²) in [7, 11) is -0.000542. The number of hydrogen-bond acceptors (Lipinski definition) is 0. The fraction of sp³-hybridized carbons (Fsp3) is 0.364. The number of benzene rings is 1. The summed E-state index contributed by atoms with van der Waals surface area (Å²) in [5.41, 5.74) is 3.82. The predicted octanol–water partition coefficient (Wildman–Crippen LogP) is 2.57. The highest BCUT2D eigenvalue weighted by atomic mass is 31.1. The van der Waals surface area contributed by atoms with Crippen LogP contribution in [-0.4, -0.2) is 18.1 Å². The average Bonchev–Trinajstić information content (AvgIpc) is 2.72. The van der Waals surface area contributed by atoms with Gasteiger partial charge in [0.1, 0.15) is 0 Å². The number of rotatable bonds is 2. The Kier molecular flexibility index (Phi) is 2.11. The van der Waals surface area contributed by atoms with E-state index in [0.29, 0.717) is 0 Å². The van der Waals surface area contributed by atoms with E-state index in [1.165, 1.54) is 17.5 Å². The summed E-state index contributed by atoms with van der Waals surface area (Å²) >= 11 is 0.